The SMILES string of the molecule is Cc1cc(C(=O)Nc2cc(Cl)ccc2-n2cncn2)c(C)o1. The van der Waals surface area contributed by atoms with Gasteiger partial charge >= 0.3 is 0 Å². The number of carbonyl (C=O) groups excluding carboxylic acids is 1. The fraction of sp³-hybridized carbons (Fsp3) is 0.133. The predicted octanol–water partition coefficient (Wildman–Crippen LogP) is 3.38. The lowest BCUT2D eigenvalue weighted by Crippen LogP contribution is -2.14. The number of aromatic nitrogens is 3. The summed E-state index contributed by atoms with van der Waals surface area (Å²) in [4.78, 5) is 16.3. The minimum atomic E-state index is -0.266. The Bertz CT molecular complexity index is 824. The van der Waals surface area contributed by atoms with Gasteiger partial charge in [-0.3, -0.25) is 4.79 Å². The largest absolute Gasteiger partial charge is 0.466 e. The number of hydrogen-bond acceptors (Lipinski definition) is 4. The molecular formula is C15H13ClN4O2. The molecular weight excluding hydrogens is 304 g/mol. The molecule has 2 heterocycles. The predicted molar refractivity (Wildman–Crippen MR) is 82.5 cm³/mol. The van der Waals surface area contributed by atoms with Gasteiger partial charge in [-0.2, -0.15) is 5.10 Å². The van der Waals surface area contributed by atoms with Crippen molar-refractivity contribution in [3.8, 4) is 5.69 Å². The molecule has 0 aliphatic heterocycles. The molecule has 6 nitrogen and oxygen atoms in total. The van der Waals surface area contributed by atoms with Crippen molar-refractivity contribution in [1.29, 1.82) is 0 Å². The highest BCUT2D eigenvalue weighted by Crippen LogP contribution is 2.25. The Kier molecular flexibility index (Phi) is 3.68. The van der Waals surface area contributed by atoms with Crippen molar-refractivity contribution < 1.29 is 9.21 Å². The van der Waals surface area contributed by atoms with E-state index in [-0.39, 0.29) is 5.91 Å². The van der Waals surface area contributed by atoms with E-state index in [4.69, 9.17) is 16.0 Å². The highest BCUT2D eigenvalue weighted by molar-refractivity contribution is 6.31. The summed E-state index contributed by atoms with van der Waals surface area (Å²) in [5.74, 6) is 0.988. The maximum Gasteiger partial charge on any atom is 0.259 e. The molecule has 1 amide bonds. The van der Waals surface area contributed by atoms with Crippen molar-refractivity contribution in [2.75, 3.05) is 5.32 Å². The average Bonchev–Trinajstić information content (AvgIpc) is 3.08. The molecule has 0 saturated heterocycles. The number of hydrogen-bond donors (Lipinski definition) is 1. The lowest BCUT2D eigenvalue weighted by molar-refractivity contribution is 0.102. The molecule has 7 heteroatoms. The van der Waals surface area contributed by atoms with Gasteiger partial charge in [0, 0.05) is 5.02 Å². The summed E-state index contributed by atoms with van der Waals surface area (Å²) in [7, 11) is 0. The summed E-state index contributed by atoms with van der Waals surface area (Å²) < 4.78 is 6.94. The van der Waals surface area contributed by atoms with Gasteiger partial charge in [-0.15, -0.1) is 0 Å². The van der Waals surface area contributed by atoms with Crippen LogP contribution >= 0.6 is 11.6 Å². The van der Waals surface area contributed by atoms with Gasteiger partial charge in [-0.1, -0.05) is 11.6 Å². The fourth-order valence-electron chi connectivity index (χ4n) is 2.19. The molecule has 22 heavy (non-hydrogen) atoms. The Morgan fingerprint density at radius 3 is 2.77 bits per heavy atom. The van der Waals surface area contributed by atoms with Crippen LogP contribution in [-0.2, 0) is 0 Å². The third-order valence-corrected chi connectivity index (χ3v) is 3.39. The third kappa shape index (κ3) is 2.73. The van der Waals surface area contributed by atoms with Crippen molar-refractivity contribution in [1.82, 2.24) is 14.8 Å². The van der Waals surface area contributed by atoms with E-state index in [1.54, 1.807) is 49.1 Å². The van der Waals surface area contributed by atoms with Crippen LogP contribution in [0.25, 0.3) is 5.69 Å². The number of amides is 1. The van der Waals surface area contributed by atoms with Crippen LogP contribution in [0.4, 0.5) is 5.69 Å². The minimum Gasteiger partial charge on any atom is -0.466 e. The van der Waals surface area contributed by atoms with Crippen LogP contribution in [0.15, 0.2) is 41.3 Å². The molecule has 0 radical (unpaired) electrons. The monoisotopic (exact) mass is 316 g/mol. The lowest BCUT2D eigenvalue weighted by atomic mass is 10.2. The van der Waals surface area contributed by atoms with E-state index in [1.807, 2.05) is 0 Å². The van der Waals surface area contributed by atoms with Crippen LogP contribution in [0.2, 0.25) is 5.02 Å². The molecule has 0 unspecified atom stereocenters. The standard InChI is InChI=1S/C15H13ClN4O2/c1-9-5-12(10(2)22-9)15(21)19-13-6-11(16)3-4-14(13)20-8-17-7-18-20/h3-8H,1-2H3,(H,19,21). The van der Waals surface area contributed by atoms with Gasteiger partial charge in [-0.25, -0.2) is 9.67 Å². The maximum absolute atomic E-state index is 12.4. The smallest absolute Gasteiger partial charge is 0.259 e. The Morgan fingerprint density at radius 2 is 2.14 bits per heavy atom. The molecule has 0 aliphatic carbocycles. The van der Waals surface area contributed by atoms with Gasteiger partial charge in [0.05, 0.1) is 16.9 Å². The van der Waals surface area contributed by atoms with Crippen LogP contribution in [-0.4, -0.2) is 20.7 Å². The van der Waals surface area contributed by atoms with E-state index >= 15 is 0 Å². The number of halogens is 1. The Hall–Kier alpha value is -2.60. The second-order valence-corrected chi connectivity index (χ2v) is 5.22. The molecule has 0 bridgehead atoms. The topological polar surface area (TPSA) is 73.0 Å². The highest BCUT2D eigenvalue weighted by Gasteiger charge is 2.16. The summed E-state index contributed by atoms with van der Waals surface area (Å²) in [6, 6.07) is 6.85. The number of aryl methyl sites for hydroxylation is 2. The number of nitrogens with zero attached hydrogens (tertiary/aromatic N) is 3. The summed E-state index contributed by atoms with van der Waals surface area (Å²) in [5.41, 5.74) is 1.70. The van der Waals surface area contributed by atoms with Crippen molar-refractivity contribution in [3.63, 3.8) is 0 Å². The molecule has 0 spiro atoms. The van der Waals surface area contributed by atoms with Crippen molar-refractivity contribution in [2.45, 2.75) is 13.8 Å². The van der Waals surface area contributed by atoms with Gasteiger partial charge < -0.3 is 9.73 Å². The van der Waals surface area contributed by atoms with E-state index < -0.39 is 0 Å². The van der Waals surface area contributed by atoms with E-state index in [1.165, 1.54) is 6.33 Å². The van der Waals surface area contributed by atoms with Crippen LogP contribution in [0.1, 0.15) is 21.9 Å². The van der Waals surface area contributed by atoms with Crippen LogP contribution in [0, 0.1) is 13.8 Å². The number of furan rings is 1. The second-order valence-electron chi connectivity index (χ2n) is 4.78. The second kappa shape index (κ2) is 5.65. The summed E-state index contributed by atoms with van der Waals surface area (Å²) in [6.45, 7) is 3.54. The highest BCUT2D eigenvalue weighted by atomic mass is 35.5. The first-order valence-corrected chi connectivity index (χ1v) is 6.95. The van der Waals surface area contributed by atoms with Crippen molar-refractivity contribution in [2.24, 2.45) is 0 Å². The first-order chi connectivity index (χ1) is 10.5. The molecule has 1 N–H and O–H groups in total. The zero-order valence-corrected chi connectivity index (χ0v) is 12.8. The number of carbonyl (C=O) groups is 1. The normalized spacial score (nSPS) is 10.7. The first-order valence-electron chi connectivity index (χ1n) is 6.57. The van der Waals surface area contributed by atoms with Crippen molar-refractivity contribution in [3.05, 3.63) is 59.0 Å². The van der Waals surface area contributed by atoms with E-state index in [2.05, 4.69) is 15.4 Å². The summed E-state index contributed by atoms with van der Waals surface area (Å²) >= 11 is 6.03. The van der Waals surface area contributed by atoms with Gasteiger partial charge in [-0.05, 0) is 38.1 Å². The summed E-state index contributed by atoms with van der Waals surface area (Å²) in [5, 5.41) is 7.42. The van der Waals surface area contributed by atoms with Gasteiger partial charge in [0.15, 0.2) is 0 Å². The van der Waals surface area contributed by atoms with Crippen LogP contribution in [0.3, 0.4) is 0 Å². The van der Waals surface area contributed by atoms with E-state index in [0.717, 1.165) is 0 Å². The van der Waals surface area contributed by atoms with Crippen LogP contribution < -0.4 is 5.32 Å². The molecule has 0 fully saturated rings. The Balaban J connectivity index is 1.96. The van der Waals surface area contributed by atoms with Gasteiger partial charge in [0.2, 0.25) is 0 Å². The number of anilines is 1. The zero-order valence-electron chi connectivity index (χ0n) is 12.0. The molecule has 2 aromatic heterocycles. The molecule has 3 aromatic rings. The van der Waals surface area contributed by atoms with Crippen LogP contribution in [0.5, 0.6) is 0 Å². The average molecular weight is 317 g/mol. The molecule has 0 atom stereocenters. The first kappa shape index (κ1) is 14.3. The van der Waals surface area contributed by atoms with Crippen molar-refractivity contribution >= 4 is 23.2 Å². The zero-order chi connectivity index (χ0) is 15.7. The third-order valence-electron chi connectivity index (χ3n) is 3.16. The maximum atomic E-state index is 12.4. The molecule has 1 aromatic carbocycles. The minimum absolute atomic E-state index is 0.266. The summed E-state index contributed by atoms with van der Waals surface area (Å²) in [6.07, 6.45) is 2.97. The quantitative estimate of drug-likeness (QED) is 0.804. The Morgan fingerprint density at radius 1 is 1.32 bits per heavy atom. The number of rotatable bonds is 3. The van der Waals surface area contributed by atoms with E-state index in [9.17, 15) is 4.79 Å². The lowest BCUT2D eigenvalue weighted by Gasteiger charge is -2.11. The molecule has 3 rings (SSSR count). The number of benzene rings is 1. The van der Waals surface area contributed by atoms with Gasteiger partial charge in [0.1, 0.15) is 24.2 Å². The Labute approximate surface area is 131 Å². The van der Waals surface area contributed by atoms with Gasteiger partial charge in [0.25, 0.3) is 5.91 Å². The number of nitrogens with one attached hydrogen (secondary N) is 1. The molecule has 112 valence electrons. The fourth-order valence-corrected chi connectivity index (χ4v) is 2.36. The molecule has 0 saturated carbocycles. The van der Waals surface area contributed by atoms with E-state index in [0.29, 0.717) is 33.5 Å². The molecule has 0 aliphatic rings.